The van der Waals surface area contributed by atoms with Crippen molar-refractivity contribution >= 4 is 5.91 Å². The van der Waals surface area contributed by atoms with Crippen LogP contribution < -0.4 is 5.73 Å². The van der Waals surface area contributed by atoms with Crippen LogP contribution in [-0.4, -0.2) is 65.2 Å². The quantitative estimate of drug-likeness (QED) is 0.734. The number of nitrogens with two attached hydrogens (primary N) is 1. The largest absolute Gasteiger partial charge is 0.389 e. The smallest absolute Gasteiger partial charge is 0.222 e. The molecule has 0 aromatic rings. The van der Waals surface area contributed by atoms with Crippen molar-refractivity contribution < 1.29 is 9.90 Å². The molecule has 1 aliphatic rings. The van der Waals surface area contributed by atoms with E-state index in [-0.39, 0.29) is 11.9 Å². The zero-order chi connectivity index (χ0) is 14.5. The lowest BCUT2D eigenvalue weighted by atomic mass is 10.1. The minimum absolute atomic E-state index is 0.177. The fourth-order valence-corrected chi connectivity index (χ4v) is 2.44. The monoisotopic (exact) mass is 271 g/mol. The SMILES string of the molecule is CC(N)CCCC(=O)N1CCN(CC(C)(C)O)CC1. The molecule has 1 aliphatic heterocycles. The fourth-order valence-electron chi connectivity index (χ4n) is 2.44. The number of hydrogen-bond donors (Lipinski definition) is 2. The van der Waals surface area contributed by atoms with Crippen molar-refractivity contribution in [2.45, 2.75) is 51.7 Å². The molecule has 5 nitrogen and oxygen atoms in total. The summed E-state index contributed by atoms with van der Waals surface area (Å²) in [5, 5.41) is 9.78. The molecule has 112 valence electrons. The van der Waals surface area contributed by atoms with Gasteiger partial charge in [-0.3, -0.25) is 9.69 Å². The van der Waals surface area contributed by atoms with E-state index in [0.29, 0.717) is 13.0 Å². The predicted molar refractivity (Wildman–Crippen MR) is 76.8 cm³/mol. The van der Waals surface area contributed by atoms with Gasteiger partial charge in [-0.1, -0.05) is 0 Å². The van der Waals surface area contributed by atoms with Crippen molar-refractivity contribution in [1.29, 1.82) is 0 Å². The minimum Gasteiger partial charge on any atom is -0.389 e. The molecule has 1 fully saturated rings. The van der Waals surface area contributed by atoms with Crippen molar-refractivity contribution in [2.24, 2.45) is 5.73 Å². The van der Waals surface area contributed by atoms with E-state index in [2.05, 4.69) is 4.90 Å². The maximum absolute atomic E-state index is 12.0. The Labute approximate surface area is 116 Å². The van der Waals surface area contributed by atoms with Crippen LogP contribution in [0.1, 0.15) is 40.0 Å². The van der Waals surface area contributed by atoms with E-state index in [4.69, 9.17) is 5.73 Å². The molecule has 5 heteroatoms. The van der Waals surface area contributed by atoms with Crippen molar-refractivity contribution in [1.82, 2.24) is 9.80 Å². The summed E-state index contributed by atoms with van der Waals surface area (Å²) in [5.41, 5.74) is 5.02. The van der Waals surface area contributed by atoms with Crippen LogP contribution in [-0.2, 0) is 4.79 Å². The van der Waals surface area contributed by atoms with E-state index in [1.54, 1.807) is 0 Å². The van der Waals surface area contributed by atoms with Gasteiger partial charge in [-0.15, -0.1) is 0 Å². The number of nitrogens with zero attached hydrogens (tertiary/aromatic N) is 2. The van der Waals surface area contributed by atoms with Crippen LogP contribution in [0, 0.1) is 0 Å². The van der Waals surface area contributed by atoms with Crippen LogP contribution in [0.2, 0.25) is 0 Å². The Hall–Kier alpha value is -0.650. The lowest BCUT2D eigenvalue weighted by Crippen LogP contribution is -2.51. The molecule has 0 aliphatic carbocycles. The second kappa shape index (κ2) is 7.22. The summed E-state index contributed by atoms with van der Waals surface area (Å²) in [4.78, 5) is 16.1. The van der Waals surface area contributed by atoms with Gasteiger partial charge in [0.1, 0.15) is 0 Å². The Morgan fingerprint density at radius 2 is 1.89 bits per heavy atom. The second-order valence-electron chi connectivity index (χ2n) is 6.34. The minimum atomic E-state index is -0.663. The van der Waals surface area contributed by atoms with E-state index >= 15 is 0 Å². The summed E-state index contributed by atoms with van der Waals surface area (Å²) in [7, 11) is 0. The van der Waals surface area contributed by atoms with E-state index in [1.807, 2.05) is 25.7 Å². The number of piperazine rings is 1. The molecule has 19 heavy (non-hydrogen) atoms. The highest BCUT2D eigenvalue weighted by atomic mass is 16.3. The molecular weight excluding hydrogens is 242 g/mol. The van der Waals surface area contributed by atoms with Crippen molar-refractivity contribution in [3.8, 4) is 0 Å². The first-order chi connectivity index (χ1) is 8.78. The molecule has 0 bridgehead atoms. The van der Waals surface area contributed by atoms with Gasteiger partial charge in [-0.2, -0.15) is 0 Å². The molecule has 0 saturated carbocycles. The van der Waals surface area contributed by atoms with Gasteiger partial charge in [0.25, 0.3) is 0 Å². The normalized spacial score (nSPS) is 19.5. The molecule has 1 rings (SSSR count). The number of carbonyl (C=O) groups is 1. The van der Waals surface area contributed by atoms with E-state index in [0.717, 1.165) is 39.0 Å². The first-order valence-corrected chi connectivity index (χ1v) is 7.26. The Morgan fingerprint density at radius 3 is 2.37 bits per heavy atom. The summed E-state index contributed by atoms with van der Waals surface area (Å²) in [6.45, 7) is 9.52. The third-order valence-electron chi connectivity index (χ3n) is 3.39. The van der Waals surface area contributed by atoms with Crippen LogP contribution in [0.3, 0.4) is 0 Å². The topological polar surface area (TPSA) is 69.8 Å². The molecule has 3 N–H and O–H groups in total. The van der Waals surface area contributed by atoms with Crippen LogP contribution in [0.4, 0.5) is 0 Å². The number of β-amino-alcohol motifs (C(OH)–C–C–N with tert-alkyl or cyclic N) is 1. The molecule has 0 aromatic carbocycles. The average molecular weight is 271 g/mol. The fraction of sp³-hybridized carbons (Fsp3) is 0.929. The highest BCUT2D eigenvalue weighted by molar-refractivity contribution is 5.76. The summed E-state index contributed by atoms with van der Waals surface area (Å²) in [6.07, 6.45) is 2.39. The van der Waals surface area contributed by atoms with Crippen LogP contribution in [0.5, 0.6) is 0 Å². The molecule has 1 unspecified atom stereocenters. The van der Waals surface area contributed by atoms with Gasteiger partial charge in [-0.25, -0.2) is 0 Å². The predicted octanol–water partition coefficient (Wildman–Crippen LogP) is 0.419. The summed E-state index contributed by atoms with van der Waals surface area (Å²) in [5.74, 6) is 0.239. The third kappa shape index (κ3) is 6.89. The number of amides is 1. The Morgan fingerprint density at radius 1 is 1.32 bits per heavy atom. The molecule has 1 heterocycles. The number of carbonyl (C=O) groups excluding carboxylic acids is 1. The molecule has 1 atom stereocenters. The van der Waals surface area contributed by atoms with E-state index in [1.165, 1.54) is 0 Å². The Balaban J connectivity index is 2.23. The Kier molecular flexibility index (Phi) is 6.23. The maximum atomic E-state index is 12.0. The first-order valence-electron chi connectivity index (χ1n) is 7.26. The second-order valence-corrected chi connectivity index (χ2v) is 6.34. The van der Waals surface area contributed by atoms with Crippen LogP contribution in [0.25, 0.3) is 0 Å². The molecule has 0 spiro atoms. The van der Waals surface area contributed by atoms with Gasteiger partial charge >= 0.3 is 0 Å². The van der Waals surface area contributed by atoms with Gasteiger partial charge in [-0.05, 0) is 33.6 Å². The maximum Gasteiger partial charge on any atom is 0.222 e. The molecule has 0 radical (unpaired) electrons. The lowest BCUT2D eigenvalue weighted by Gasteiger charge is -2.37. The number of hydrogen-bond acceptors (Lipinski definition) is 4. The third-order valence-corrected chi connectivity index (χ3v) is 3.39. The van der Waals surface area contributed by atoms with Gasteiger partial charge in [0.05, 0.1) is 5.60 Å². The highest BCUT2D eigenvalue weighted by Gasteiger charge is 2.24. The van der Waals surface area contributed by atoms with Crippen molar-refractivity contribution in [3.05, 3.63) is 0 Å². The van der Waals surface area contributed by atoms with Gasteiger partial charge < -0.3 is 15.7 Å². The number of aliphatic hydroxyl groups is 1. The number of rotatable bonds is 6. The van der Waals surface area contributed by atoms with Crippen molar-refractivity contribution in [2.75, 3.05) is 32.7 Å². The zero-order valence-corrected chi connectivity index (χ0v) is 12.6. The summed E-state index contributed by atoms with van der Waals surface area (Å²) < 4.78 is 0. The van der Waals surface area contributed by atoms with Gasteiger partial charge in [0.15, 0.2) is 0 Å². The molecule has 1 saturated heterocycles. The van der Waals surface area contributed by atoms with Crippen LogP contribution >= 0.6 is 0 Å². The molecule has 0 aromatic heterocycles. The average Bonchev–Trinajstić information content (AvgIpc) is 2.27. The molecule has 1 amide bonds. The lowest BCUT2D eigenvalue weighted by molar-refractivity contribution is -0.133. The van der Waals surface area contributed by atoms with Crippen LogP contribution in [0.15, 0.2) is 0 Å². The van der Waals surface area contributed by atoms with Gasteiger partial charge in [0.2, 0.25) is 5.91 Å². The van der Waals surface area contributed by atoms with Gasteiger partial charge in [0, 0.05) is 45.2 Å². The first kappa shape index (κ1) is 16.4. The molecular formula is C14H29N3O2. The Bertz CT molecular complexity index is 279. The highest BCUT2D eigenvalue weighted by Crippen LogP contribution is 2.10. The van der Waals surface area contributed by atoms with E-state index < -0.39 is 5.60 Å². The summed E-state index contributed by atoms with van der Waals surface area (Å²) in [6, 6.07) is 0.177. The summed E-state index contributed by atoms with van der Waals surface area (Å²) >= 11 is 0. The zero-order valence-electron chi connectivity index (χ0n) is 12.6. The standard InChI is InChI=1S/C14H29N3O2/c1-12(15)5-4-6-13(18)17-9-7-16(8-10-17)11-14(2,3)19/h12,19H,4-11,15H2,1-3H3. The van der Waals surface area contributed by atoms with E-state index in [9.17, 15) is 9.90 Å². The van der Waals surface area contributed by atoms with Crippen molar-refractivity contribution in [3.63, 3.8) is 0 Å².